The normalized spacial score (nSPS) is 31.1. The van der Waals surface area contributed by atoms with Crippen LogP contribution in [0.2, 0.25) is 0 Å². The van der Waals surface area contributed by atoms with Crippen LogP contribution in [-0.2, 0) is 19.5 Å². The molecule has 1 saturated carbocycles. The molecule has 0 aromatic carbocycles. The Morgan fingerprint density at radius 1 is 1.82 bits per heavy atom. The van der Waals surface area contributed by atoms with Crippen LogP contribution in [0.1, 0.15) is 6.42 Å². The van der Waals surface area contributed by atoms with Crippen molar-refractivity contribution in [3.63, 3.8) is 0 Å². The maximum absolute atomic E-state index is 10.8. The van der Waals surface area contributed by atoms with E-state index in [0.29, 0.717) is 5.75 Å². The fraction of sp³-hybridized carbons (Fsp3) is 0.833. The van der Waals surface area contributed by atoms with Crippen molar-refractivity contribution in [2.75, 3.05) is 12.9 Å². The van der Waals surface area contributed by atoms with Gasteiger partial charge < -0.3 is 4.74 Å². The van der Waals surface area contributed by atoms with E-state index in [4.69, 9.17) is 10.7 Å². The Hall–Kier alpha value is -0.0900. The van der Waals surface area contributed by atoms with Gasteiger partial charge in [-0.1, -0.05) is 0 Å². The van der Waals surface area contributed by atoms with E-state index in [-0.39, 0.29) is 17.8 Å². The predicted molar refractivity (Wildman–Crippen MR) is 42.5 cm³/mol. The zero-order valence-corrected chi connectivity index (χ0v) is 7.65. The molecule has 5 heteroatoms. The molecule has 1 rings (SSSR count). The van der Waals surface area contributed by atoms with E-state index < -0.39 is 10.0 Å². The van der Waals surface area contributed by atoms with Crippen LogP contribution in [0, 0.1) is 11.8 Å². The summed E-state index contributed by atoms with van der Waals surface area (Å²) < 4.78 is 15.0. The molecule has 0 bridgehead atoms. The minimum absolute atomic E-state index is 0.0531. The number of halogens is 1. The van der Waals surface area contributed by atoms with Gasteiger partial charge in [-0.15, -0.1) is 0 Å². The van der Waals surface area contributed by atoms with E-state index in [2.05, 4.69) is 4.74 Å². The van der Waals surface area contributed by atoms with Crippen LogP contribution in [0.25, 0.3) is 0 Å². The van der Waals surface area contributed by atoms with Crippen molar-refractivity contribution < 1.29 is 13.7 Å². The van der Waals surface area contributed by atoms with Crippen molar-refractivity contribution in [1.82, 2.24) is 0 Å². The van der Waals surface area contributed by atoms with Crippen molar-refractivity contribution >= 4 is 26.7 Å². The van der Waals surface area contributed by atoms with E-state index >= 15 is 0 Å². The Labute approximate surface area is 72.0 Å². The first-order valence-electron chi connectivity index (χ1n) is 3.27. The van der Waals surface area contributed by atoms with Crippen LogP contribution in [0.4, 0.5) is 0 Å². The lowest BCUT2D eigenvalue weighted by atomic mass is 10.3. The number of esters is 1. The van der Waals surface area contributed by atoms with Crippen LogP contribution in [0.5, 0.6) is 0 Å². The van der Waals surface area contributed by atoms with Gasteiger partial charge in [0.2, 0.25) is 0 Å². The van der Waals surface area contributed by atoms with Gasteiger partial charge in [-0.3, -0.25) is 4.79 Å². The van der Waals surface area contributed by atoms with Crippen molar-refractivity contribution in [2.45, 2.75) is 6.42 Å². The van der Waals surface area contributed by atoms with Gasteiger partial charge in [0.05, 0.1) is 13.0 Å². The molecule has 0 spiro atoms. The average molecular weight is 197 g/mol. The largest absolute Gasteiger partial charge is 0.469 e. The SMILES string of the molecule is COC(=O)[C@H]1C[C@H]1CS(=O)Cl. The molecule has 1 aliphatic carbocycles. The Bertz CT molecular complexity index is 194. The van der Waals surface area contributed by atoms with Gasteiger partial charge >= 0.3 is 5.97 Å². The van der Waals surface area contributed by atoms with Crippen LogP contribution in [0.3, 0.4) is 0 Å². The molecule has 3 atom stereocenters. The van der Waals surface area contributed by atoms with Crippen molar-refractivity contribution in [3.05, 3.63) is 0 Å². The van der Waals surface area contributed by atoms with Gasteiger partial charge in [0.25, 0.3) is 0 Å². The number of hydrogen-bond donors (Lipinski definition) is 0. The van der Waals surface area contributed by atoms with E-state index in [0.717, 1.165) is 6.42 Å². The highest BCUT2D eigenvalue weighted by Crippen LogP contribution is 2.40. The summed E-state index contributed by atoms with van der Waals surface area (Å²) in [7, 11) is 5.29. The Morgan fingerprint density at radius 2 is 2.45 bits per heavy atom. The molecule has 0 radical (unpaired) electrons. The Kier molecular flexibility index (Phi) is 2.90. The molecule has 64 valence electrons. The lowest BCUT2D eigenvalue weighted by Gasteiger charge is -1.94. The number of rotatable bonds is 3. The van der Waals surface area contributed by atoms with Crippen molar-refractivity contribution in [3.8, 4) is 0 Å². The summed E-state index contributed by atoms with van der Waals surface area (Å²) in [6, 6.07) is 0. The molecule has 0 aromatic rings. The highest BCUT2D eigenvalue weighted by atomic mass is 35.7. The number of ether oxygens (including phenoxy) is 1. The minimum atomic E-state index is -1.31. The van der Waals surface area contributed by atoms with Crippen LogP contribution >= 0.6 is 10.7 Å². The third-order valence-corrected chi connectivity index (χ3v) is 2.84. The summed E-state index contributed by atoms with van der Waals surface area (Å²) in [6.07, 6.45) is 0.769. The molecule has 11 heavy (non-hydrogen) atoms. The fourth-order valence-electron chi connectivity index (χ4n) is 1.04. The highest BCUT2D eigenvalue weighted by molar-refractivity contribution is 8.08. The molecule has 0 aromatic heterocycles. The molecule has 0 aliphatic heterocycles. The molecule has 0 saturated heterocycles. The number of hydrogen-bond acceptors (Lipinski definition) is 3. The number of carbonyl (C=O) groups excluding carboxylic acids is 1. The maximum atomic E-state index is 10.8. The standard InChI is InChI=1S/C6H9ClO3S/c1-10-6(8)5-2-4(5)3-11(7)9/h4-5H,2-3H2,1H3/t4-,5-,11?/m0/s1. The summed E-state index contributed by atoms with van der Waals surface area (Å²) in [5, 5.41) is 0. The van der Waals surface area contributed by atoms with Crippen molar-refractivity contribution in [1.29, 1.82) is 0 Å². The lowest BCUT2D eigenvalue weighted by molar-refractivity contribution is -0.142. The fourth-order valence-corrected chi connectivity index (χ4v) is 2.23. The van der Waals surface area contributed by atoms with Gasteiger partial charge in [0, 0.05) is 5.75 Å². The Morgan fingerprint density at radius 3 is 2.91 bits per heavy atom. The molecule has 1 unspecified atom stereocenters. The van der Waals surface area contributed by atoms with Crippen molar-refractivity contribution in [2.24, 2.45) is 11.8 Å². The van der Waals surface area contributed by atoms with E-state index in [9.17, 15) is 9.00 Å². The number of carbonyl (C=O) groups is 1. The predicted octanol–water partition coefficient (Wildman–Crippen LogP) is 0.698. The Balaban J connectivity index is 2.26. The zero-order chi connectivity index (χ0) is 8.43. The van der Waals surface area contributed by atoms with Crippen LogP contribution < -0.4 is 0 Å². The summed E-state index contributed by atoms with van der Waals surface area (Å²) in [5.74, 6) is 0.321. The highest BCUT2D eigenvalue weighted by Gasteiger charge is 2.44. The second kappa shape index (κ2) is 3.54. The average Bonchev–Trinajstić information content (AvgIpc) is 2.65. The zero-order valence-electron chi connectivity index (χ0n) is 6.08. The van der Waals surface area contributed by atoms with Gasteiger partial charge in [-0.25, -0.2) is 4.21 Å². The van der Waals surface area contributed by atoms with Gasteiger partial charge in [-0.2, -0.15) is 0 Å². The quantitative estimate of drug-likeness (QED) is 0.493. The topological polar surface area (TPSA) is 43.4 Å². The molecular weight excluding hydrogens is 188 g/mol. The van der Waals surface area contributed by atoms with Gasteiger partial charge in [0.15, 0.2) is 0 Å². The van der Waals surface area contributed by atoms with Crippen LogP contribution in [0.15, 0.2) is 0 Å². The number of methoxy groups -OCH3 is 1. The monoisotopic (exact) mass is 196 g/mol. The summed E-state index contributed by atoms with van der Waals surface area (Å²) in [6.45, 7) is 0. The van der Waals surface area contributed by atoms with E-state index in [1.807, 2.05) is 0 Å². The first-order chi connectivity index (χ1) is 5.15. The van der Waals surface area contributed by atoms with E-state index in [1.54, 1.807) is 0 Å². The third kappa shape index (κ3) is 2.45. The molecule has 3 nitrogen and oxygen atoms in total. The molecule has 0 amide bonds. The molecule has 1 aliphatic rings. The molecular formula is C6H9ClO3S. The first-order valence-corrected chi connectivity index (χ1v) is 5.42. The molecule has 0 heterocycles. The summed E-state index contributed by atoms with van der Waals surface area (Å²) >= 11 is 0. The molecule has 1 fully saturated rings. The summed E-state index contributed by atoms with van der Waals surface area (Å²) in [4.78, 5) is 10.8. The lowest BCUT2D eigenvalue weighted by Crippen LogP contribution is -2.06. The minimum Gasteiger partial charge on any atom is -0.469 e. The molecule has 0 N–H and O–H groups in total. The smallest absolute Gasteiger partial charge is 0.308 e. The third-order valence-electron chi connectivity index (χ3n) is 1.77. The van der Waals surface area contributed by atoms with Crippen LogP contribution in [-0.4, -0.2) is 23.0 Å². The second-order valence-corrected chi connectivity index (χ2v) is 4.53. The van der Waals surface area contributed by atoms with E-state index in [1.165, 1.54) is 7.11 Å². The van der Waals surface area contributed by atoms with Gasteiger partial charge in [0.1, 0.15) is 10.0 Å². The second-order valence-electron chi connectivity index (χ2n) is 2.58. The summed E-state index contributed by atoms with van der Waals surface area (Å²) in [5.41, 5.74) is 0. The maximum Gasteiger partial charge on any atom is 0.308 e. The van der Waals surface area contributed by atoms with Gasteiger partial charge in [-0.05, 0) is 23.0 Å². The first kappa shape index (κ1) is 9.00.